The number of thiazole rings is 1. The van der Waals surface area contributed by atoms with Crippen molar-refractivity contribution < 1.29 is 0 Å². The fraction of sp³-hybridized carbons (Fsp3) is 0.294. The second kappa shape index (κ2) is 6.42. The molecule has 5 heteroatoms. The first-order chi connectivity index (χ1) is 10.6. The Hall–Kier alpha value is -1.98. The maximum atomic E-state index is 4.64. The third-order valence-electron chi connectivity index (χ3n) is 3.35. The Morgan fingerprint density at radius 3 is 2.82 bits per heavy atom. The molecular formula is C17H20N4S. The molecule has 0 unspecified atom stereocenters. The average Bonchev–Trinajstić information content (AvgIpc) is 2.91. The number of aryl methyl sites for hydroxylation is 1. The molecule has 0 spiro atoms. The third kappa shape index (κ3) is 3.61. The minimum atomic E-state index is 0.745. The Labute approximate surface area is 134 Å². The lowest BCUT2D eigenvalue weighted by Crippen LogP contribution is -2.10. The van der Waals surface area contributed by atoms with E-state index in [0.29, 0.717) is 0 Å². The standard InChI is InChI=1S/C17H20N4S/c1-12-4-5-13-8-14(6-7-16(13)19-12)18-9-15-11-22-17(20-15)10-21(2)3/h4-8,11,18H,9-10H2,1-3H3. The fourth-order valence-corrected chi connectivity index (χ4v) is 3.21. The summed E-state index contributed by atoms with van der Waals surface area (Å²) in [6, 6.07) is 10.4. The van der Waals surface area contributed by atoms with Crippen molar-refractivity contribution in [1.82, 2.24) is 14.9 Å². The number of fused-ring (bicyclic) bond motifs is 1. The number of hydrogen-bond donors (Lipinski definition) is 1. The summed E-state index contributed by atoms with van der Waals surface area (Å²) in [6.45, 7) is 3.65. The lowest BCUT2D eigenvalue weighted by Gasteiger charge is -2.07. The van der Waals surface area contributed by atoms with E-state index in [1.165, 1.54) is 0 Å². The molecule has 4 nitrogen and oxygen atoms in total. The summed E-state index contributed by atoms with van der Waals surface area (Å²) in [5.41, 5.74) is 4.26. The van der Waals surface area contributed by atoms with Crippen molar-refractivity contribution in [3.05, 3.63) is 52.1 Å². The quantitative estimate of drug-likeness (QED) is 0.780. The van der Waals surface area contributed by atoms with Gasteiger partial charge in [0, 0.05) is 28.7 Å². The molecule has 2 heterocycles. The number of pyridine rings is 1. The number of aromatic nitrogens is 2. The van der Waals surface area contributed by atoms with Crippen LogP contribution in [0.1, 0.15) is 16.4 Å². The molecule has 0 saturated heterocycles. The molecule has 1 N–H and O–H groups in total. The minimum Gasteiger partial charge on any atom is -0.379 e. The minimum absolute atomic E-state index is 0.745. The normalized spacial score (nSPS) is 11.3. The topological polar surface area (TPSA) is 41.0 Å². The number of benzene rings is 1. The van der Waals surface area contributed by atoms with E-state index in [1.807, 2.05) is 13.0 Å². The maximum absolute atomic E-state index is 4.64. The number of nitrogens with zero attached hydrogens (tertiary/aromatic N) is 3. The first-order valence-electron chi connectivity index (χ1n) is 7.29. The van der Waals surface area contributed by atoms with Crippen LogP contribution >= 0.6 is 11.3 Å². The molecule has 0 fully saturated rings. The van der Waals surface area contributed by atoms with Crippen LogP contribution in [0.25, 0.3) is 10.9 Å². The Balaban J connectivity index is 1.68. The molecule has 3 rings (SSSR count). The summed E-state index contributed by atoms with van der Waals surface area (Å²) < 4.78 is 0. The van der Waals surface area contributed by atoms with Gasteiger partial charge in [0.1, 0.15) is 5.01 Å². The van der Waals surface area contributed by atoms with Gasteiger partial charge in [0.15, 0.2) is 0 Å². The highest BCUT2D eigenvalue weighted by Gasteiger charge is 2.04. The van der Waals surface area contributed by atoms with Crippen LogP contribution in [0, 0.1) is 6.92 Å². The van der Waals surface area contributed by atoms with E-state index < -0.39 is 0 Å². The van der Waals surface area contributed by atoms with Crippen LogP contribution < -0.4 is 5.32 Å². The summed E-state index contributed by atoms with van der Waals surface area (Å²) in [5.74, 6) is 0. The Morgan fingerprint density at radius 2 is 2.00 bits per heavy atom. The van der Waals surface area contributed by atoms with E-state index in [2.05, 4.69) is 63.9 Å². The summed E-state index contributed by atoms with van der Waals surface area (Å²) in [5, 5.41) is 7.87. The van der Waals surface area contributed by atoms with Gasteiger partial charge in [0.25, 0.3) is 0 Å². The summed E-state index contributed by atoms with van der Waals surface area (Å²) >= 11 is 1.71. The maximum Gasteiger partial charge on any atom is 0.107 e. The van der Waals surface area contributed by atoms with Gasteiger partial charge in [0.2, 0.25) is 0 Å². The number of nitrogens with one attached hydrogen (secondary N) is 1. The number of hydrogen-bond acceptors (Lipinski definition) is 5. The zero-order chi connectivity index (χ0) is 15.5. The molecule has 0 radical (unpaired) electrons. The van der Waals surface area contributed by atoms with E-state index in [9.17, 15) is 0 Å². The number of rotatable bonds is 5. The van der Waals surface area contributed by atoms with Gasteiger partial charge in [-0.3, -0.25) is 4.98 Å². The van der Waals surface area contributed by atoms with Crippen molar-refractivity contribution in [1.29, 1.82) is 0 Å². The van der Waals surface area contributed by atoms with Crippen molar-refractivity contribution in [2.24, 2.45) is 0 Å². The Bertz CT molecular complexity index is 779. The average molecular weight is 312 g/mol. The molecule has 22 heavy (non-hydrogen) atoms. The van der Waals surface area contributed by atoms with Crippen molar-refractivity contribution in [2.45, 2.75) is 20.0 Å². The Kier molecular flexibility index (Phi) is 4.36. The van der Waals surface area contributed by atoms with Gasteiger partial charge in [-0.2, -0.15) is 0 Å². The van der Waals surface area contributed by atoms with Gasteiger partial charge in [-0.25, -0.2) is 4.98 Å². The van der Waals surface area contributed by atoms with Crippen molar-refractivity contribution in [3.63, 3.8) is 0 Å². The van der Waals surface area contributed by atoms with Gasteiger partial charge in [0.05, 0.1) is 17.8 Å². The van der Waals surface area contributed by atoms with Gasteiger partial charge >= 0.3 is 0 Å². The zero-order valence-corrected chi connectivity index (χ0v) is 13.9. The van der Waals surface area contributed by atoms with E-state index in [4.69, 9.17) is 0 Å². The molecule has 0 amide bonds. The molecule has 0 saturated carbocycles. The molecule has 2 aromatic heterocycles. The molecule has 0 aliphatic carbocycles. The van der Waals surface area contributed by atoms with Crippen LogP contribution in [0.3, 0.4) is 0 Å². The molecule has 114 valence electrons. The predicted octanol–water partition coefficient (Wildman–Crippen LogP) is 3.67. The highest BCUT2D eigenvalue weighted by molar-refractivity contribution is 7.09. The largest absolute Gasteiger partial charge is 0.379 e. The van der Waals surface area contributed by atoms with Crippen LogP contribution in [0.5, 0.6) is 0 Å². The predicted molar refractivity (Wildman–Crippen MR) is 93.3 cm³/mol. The highest BCUT2D eigenvalue weighted by Crippen LogP contribution is 2.19. The van der Waals surface area contributed by atoms with Crippen LogP contribution in [-0.2, 0) is 13.1 Å². The first kappa shape index (κ1) is 14.9. The van der Waals surface area contributed by atoms with Crippen molar-refractivity contribution >= 4 is 27.9 Å². The van der Waals surface area contributed by atoms with E-state index in [-0.39, 0.29) is 0 Å². The van der Waals surface area contributed by atoms with Crippen LogP contribution in [-0.4, -0.2) is 29.0 Å². The summed E-state index contributed by atoms with van der Waals surface area (Å²) in [7, 11) is 4.12. The van der Waals surface area contributed by atoms with E-state index in [1.54, 1.807) is 11.3 Å². The zero-order valence-electron chi connectivity index (χ0n) is 13.1. The fourth-order valence-electron chi connectivity index (χ4n) is 2.30. The number of anilines is 1. The van der Waals surface area contributed by atoms with Crippen LogP contribution in [0.4, 0.5) is 5.69 Å². The van der Waals surface area contributed by atoms with Gasteiger partial charge in [-0.1, -0.05) is 6.07 Å². The summed E-state index contributed by atoms with van der Waals surface area (Å²) in [4.78, 5) is 11.3. The van der Waals surface area contributed by atoms with Crippen molar-refractivity contribution in [3.8, 4) is 0 Å². The lowest BCUT2D eigenvalue weighted by atomic mass is 10.2. The van der Waals surface area contributed by atoms with E-state index >= 15 is 0 Å². The molecule has 0 bridgehead atoms. The van der Waals surface area contributed by atoms with Crippen molar-refractivity contribution in [2.75, 3.05) is 19.4 Å². The lowest BCUT2D eigenvalue weighted by molar-refractivity contribution is 0.401. The van der Waals surface area contributed by atoms with Crippen LogP contribution in [0.2, 0.25) is 0 Å². The van der Waals surface area contributed by atoms with Gasteiger partial charge in [-0.05, 0) is 45.3 Å². The molecular weight excluding hydrogens is 292 g/mol. The SMILES string of the molecule is Cc1ccc2cc(NCc3csc(CN(C)C)n3)ccc2n1. The van der Waals surface area contributed by atoms with Gasteiger partial charge in [-0.15, -0.1) is 11.3 Å². The molecule has 0 aliphatic rings. The Morgan fingerprint density at radius 1 is 1.14 bits per heavy atom. The third-order valence-corrected chi connectivity index (χ3v) is 4.24. The van der Waals surface area contributed by atoms with E-state index in [0.717, 1.165) is 46.1 Å². The monoisotopic (exact) mass is 312 g/mol. The second-order valence-corrected chi connectivity index (χ2v) is 6.63. The smallest absolute Gasteiger partial charge is 0.107 e. The molecule has 3 aromatic rings. The second-order valence-electron chi connectivity index (χ2n) is 5.68. The molecule has 0 aliphatic heterocycles. The molecule has 1 aromatic carbocycles. The van der Waals surface area contributed by atoms with Crippen LogP contribution in [0.15, 0.2) is 35.7 Å². The molecule has 0 atom stereocenters. The van der Waals surface area contributed by atoms with Gasteiger partial charge < -0.3 is 10.2 Å². The highest BCUT2D eigenvalue weighted by atomic mass is 32.1. The first-order valence-corrected chi connectivity index (χ1v) is 8.17. The summed E-state index contributed by atoms with van der Waals surface area (Å²) in [6.07, 6.45) is 0.